The molecule has 0 saturated carbocycles. The van der Waals surface area contributed by atoms with Gasteiger partial charge in [0.05, 0.1) is 6.54 Å². The number of fused-ring (bicyclic) bond motifs is 3. The van der Waals surface area contributed by atoms with Crippen LogP contribution < -0.4 is 0 Å². The van der Waals surface area contributed by atoms with Gasteiger partial charge in [0.2, 0.25) is 5.91 Å². The first kappa shape index (κ1) is 20.0. The summed E-state index contributed by atoms with van der Waals surface area (Å²) in [5, 5.41) is 9.09. The Morgan fingerprint density at radius 2 is 1.60 bits per heavy atom. The van der Waals surface area contributed by atoms with E-state index in [0.717, 1.165) is 22.3 Å². The number of benzene rings is 2. The molecule has 1 unspecified atom stereocenters. The van der Waals surface area contributed by atoms with Crippen molar-refractivity contribution in [1.82, 2.24) is 4.90 Å². The molecule has 1 fully saturated rings. The maximum Gasteiger partial charge on any atom is 0.326 e. The first-order valence-electron chi connectivity index (χ1n) is 9.51. The highest BCUT2D eigenvalue weighted by Gasteiger charge is 2.50. The van der Waals surface area contributed by atoms with E-state index in [0.29, 0.717) is 4.90 Å². The second-order valence-corrected chi connectivity index (χ2v) is 7.52. The van der Waals surface area contributed by atoms with Crippen molar-refractivity contribution >= 4 is 17.8 Å². The number of ether oxygens (including phenoxy) is 1. The number of carbonyl (C=O) groups is 3. The minimum absolute atomic E-state index is 0.00133. The molecule has 6 nitrogen and oxygen atoms in total. The van der Waals surface area contributed by atoms with Gasteiger partial charge in [0, 0.05) is 12.3 Å². The number of halogens is 2. The van der Waals surface area contributed by atoms with Gasteiger partial charge in [-0.25, -0.2) is 13.6 Å². The summed E-state index contributed by atoms with van der Waals surface area (Å²) in [5.41, 5.74) is 4.11. The van der Waals surface area contributed by atoms with Gasteiger partial charge in [-0.1, -0.05) is 48.5 Å². The molecule has 1 aliphatic heterocycles. The molecule has 156 valence electrons. The Balaban J connectivity index is 1.42. The highest BCUT2D eigenvalue weighted by Crippen LogP contribution is 2.44. The Labute approximate surface area is 171 Å². The fourth-order valence-corrected chi connectivity index (χ4v) is 4.19. The third-order valence-corrected chi connectivity index (χ3v) is 5.54. The third kappa shape index (κ3) is 3.65. The lowest BCUT2D eigenvalue weighted by Gasteiger charge is -2.20. The minimum Gasteiger partial charge on any atom is -0.480 e. The Bertz CT molecular complexity index is 977. The number of nitrogens with zero attached hydrogens (tertiary/aromatic N) is 1. The second kappa shape index (κ2) is 7.51. The van der Waals surface area contributed by atoms with E-state index >= 15 is 0 Å². The minimum atomic E-state index is -3.29. The number of hydrogen-bond donors (Lipinski definition) is 1. The second-order valence-electron chi connectivity index (χ2n) is 7.52. The first-order valence-corrected chi connectivity index (χ1v) is 9.51. The summed E-state index contributed by atoms with van der Waals surface area (Å²) in [6.07, 6.45) is -1.74. The average molecular weight is 415 g/mol. The summed E-state index contributed by atoms with van der Waals surface area (Å²) in [7, 11) is 0. The fourth-order valence-electron chi connectivity index (χ4n) is 4.19. The number of likely N-dealkylation sites (tertiary alicyclic amines) is 1. The van der Waals surface area contributed by atoms with Crippen molar-refractivity contribution in [3.05, 3.63) is 59.7 Å². The van der Waals surface area contributed by atoms with Crippen molar-refractivity contribution in [3.63, 3.8) is 0 Å². The molecule has 4 rings (SSSR count). The summed E-state index contributed by atoms with van der Waals surface area (Å²) < 4.78 is 32.4. The molecule has 0 bridgehead atoms. The van der Waals surface area contributed by atoms with Crippen LogP contribution in [0.4, 0.5) is 8.78 Å². The van der Waals surface area contributed by atoms with E-state index in [1.807, 2.05) is 48.5 Å². The molecule has 1 saturated heterocycles. The Kier molecular flexibility index (Phi) is 5.01. The fraction of sp³-hybridized carbons (Fsp3) is 0.318. The molecule has 0 radical (unpaired) electrons. The number of aliphatic carboxylic acids is 1. The van der Waals surface area contributed by atoms with Crippen LogP contribution in [0.3, 0.4) is 0 Å². The van der Waals surface area contributed by atoms with Crippen molar-refractivity contribution in [3.8, 4) is 11.1 Å². The van der Waals surface area contributed by atoms with Gasteiger partial charge in [-0.15, -0.1) is 0 Å². The van der Waals surface area contributed by atoms with E-state index in [1.54, 1.807) is 0 Å². The van der Waals surface area contributed by atoms with Crippen molar-refractivity contribution in [2.24, 2.45) is 0 Å². The molecular weight excluding hydrogens is 396 g/mol. The number of alkyl halides is 2. The average Bonchev–Trinajstić information content (AvgIpc) is 3.21. The number of carboxylic acid groups (broad SMARTS) is 1. The molecule has 0 spiro atoms. The van der Waals surface area contributed by atoms with E-state index in [-0.39, 0.29) is 12.5 Å². The molecule has 1 amide bonds. The summed E-state index contributed by atoms with van der Waals surface area (Å²) in [4.78, 5) is 36.2. The molecule has 8 heteroatoms. The van der Waals surface area contributed by atoms with Gasteiger partial charge < -0.3 is 14.7 Å². The number of carbonyl (C=O) groups excluding carboxylic acids is 2. The number of carboxylic acids is 1. The Hall–Kier alpha value is -3.29. The summed E-state index contributed by atoms with van der Waals surface area (Å²) >= 11 is 0. The highest BCUT2D eigenvalue weighted by atomic mass is 19.3. The molecule has 0 aromatic heterocycles. The van der Waals surface area contributed by atoms with E-state index in [4.69, 9.17) is 9.84 Å². The normalized spacial score (nSPS) is 19.3. The summed E-state index contributed by atoms with van der Waals surface area (Å²) in [6.45, 7) is -1.02. The first-order chi connectivity index (χ1) is 14.3. The van der Waals surface area contributed by atoms with Crippen molar-refractivity contribution < 1.29 is 33.0 Å². The molecule has 1 atom stereocenters. The van der Waals surface area contributed by atoms with Gasteiger partial charge in [-0.2, -0.15) is 0 Å². The van der Waals surface area contributed by atoms with Crippen LogP contribution in [0.5, 0.6) is 0 Å². The SMILES string of the molecule is O=C(CC(=O)N1CC(F)(F)CC1C(=O)O)OCC1c2ccccc2-c2ccccc21. The van der Waals surface area contributed by atoms with Crippen LogP contribution in [0.25, 0.3) is 11.1 Å². The predicted octanol–water partition coefficient (Wildman–Crippen LogP) is 3.05. The molecule has 30 heavy (non-hydrogen) atoms. The zero-order chi connectivity index (χ0) is 21.5. The molecule has 2 aliphatic rings. The van der Waals surface area contributed by atoms with E-state index in [1.165, 1.54) is 0 Å². The van der Waals surface area contributed by atoms with Crippen molar-refractivity contribution in [2.45, 2.75) is 30.7 Å². The summed E-state index contributed by atoms with van der Waals surface area (Å²) in [5.74, 6) is -6.86. The zero-order valence-corrected chi connectivity index (χ0v) is 15.9. The van der Waals surface area contributed by atoms with Gasteiger partial charge >= 0.3 is 11.9 Å². The maximum absolute atomic E-state index is 13.6. The molecule has 1 heterocycles. The van der Waals surface area contributed by atoms with E-state index in [9.17, 15) is 23.2 Å². The quantitative estimate of drug-likeness (QED) is 0.600. The van der Waals surface area contributed by atoms with Gasteiger partial charge in [0.1, 0.15) is 19.1 Å². The van der Waals surface area contributed by atoms with E-state index < -0.39 is 49.2 Å². The maximum atomic E-state index is 13.6. The lowest BCUT2D eigenvalue weighted by Crippen LogP contribution is -2.41. The number of esters is 1. The molecule has 2 aromatic carbocycles. The summed E-state index contributed by atoms with van der Waals surface area (Å²) in [6, 6.07) is 13.9. The topological polar surface area (TPSA) is 83.9 Å². The predicted molar refractivity (Wildman–Crippen MR) is 102 cm³/mol. The van der Waals surface area contributed by atoms with Gasteiger partial charge in [0.25, 0.3) is 5.92 Å². The van der Waals surface area contributed by atoms with Crippen LogP contribution in [-0.2, 0) is 19.1 Å². The van der Waals surface area contributed by atoms with Crippen LogP contribution >= 0.6 is 0 Å². The Morgan fingerprint density at radius 3 is 2.17 bits per heavy atom. The molecule has 2 aromatic rings. The highest BCUT2D eigenvalue weighted by molar-refractivity contribution is 5.96. The van der Waals surface area contributed by atoms with Crippen molar-refractivity contribution in [1.29, 1.82) is 0 Å². The number of amides is 1. The molecule has 1 N–H and O–H groups in total. The lowest BCUT2D eigenvalue weighted by molar-refractivity contribution is -0.154. The van der Waals surface area contributed by atoms with Crippen LogP contribution in [0.1, 0.15) is 29.9 Å². The third-order valence-electron chi connectivity index (χ3n) is 5.54. The standard InChI is InChI=1S/C22H19F2NO5/c23-22(24)10-18(21(28)29)25(12-22)19(26)9-20(27)30-11-17-15-7-3-1-5-13(15)14-6-2-4-8-16(14)17/h1-8,17-18H,9-12H2,(H,28,29). The molecule has 1 aliphatic carbocycles. The largest absolute Gasteiger partial charge is 0.480 e. The number of rotatable bonds is 5. The Morgan fingerprint density at radius 1 is 1.03 bits per heavy atom. The van der Waals surface area contributed by atoms with Crippen molar-refractivity contribution in [2.75, 3.05) is 13.2 Å². The zero-order valence-electron chi connectivity index (χ0n) is 15.9. The van der Waals surface area contributed by atoms with Gasteiger partial charge in [0.15, 0.2) is 0 Å². The lowest BCUT2D eigenvalue weighted by atomic mass is 9.98. The van der Waals surface area contributed by atoms with Crippen LogP contribution in [0.2, 0.25) is 0 Å². The monoisotopic (exact) mass is 415 g/mol. The molecular formula is C22H19F2NO5. The van der Waals surface area contributed by atoms with Crippen LogP contribution in [-0.4, -0.2) is 53.0 Å². The number of hydrogen-bond acceptors (Lipinski definition) is 4. The smallest absolute Gasteiger partial charge is 0.326 e. The van der Waals surface area contributed by atoms with E-state index in [2.05, 4.69) is 0 Å². The van der Waals surface area contributed by atoms with Gasteiger partial charge in [-0.05, 0) is 22.3 Å². The van der Waals surface area contributed by atoms with Crippen LogP contribution in [0, 0.1) is 0 Å². The van der Waals surface area contributed by atoms with Gasteiger partial charge in [-0.3, -0.25) is 9.59 Å². The van der Waals surface area contributed by atoms with Crippen LogP contribution in [0.15, 0.2) is 48.5 Å².